The van der Waals surface area contributed by atoms with Crippen molar-refractivity contribution in [3.63, 3.8) is 0 Å². The van der Waals surface area contributed by atoms with E-state index < -0.39 is 11.7 Å². The predicted octanol–water partition coefficient (Wildman–Crippen LogP) is 6.42. The lowest BCUT2D eigenvalue weighted by Crippen LogP contribution is -2.08. The van der Waals surface area contributed by atoms with E-state index in [4.69, 9.17) is 34.8 Å². The van der Waals surface area contributed by atoms with Crippen molar-refractivity contribution in [3.8, 4) is 11.1 Å². The summed E-state index contributed by atoms with van der Waals surface area (Å²) in [6, 6.07) is 8.58. The molecule has 0 radical (unpaired) electrons. The highest BCUT2D eigenvalue weighted by molar-refractivity contribution is 6.35. The normalized spacial score (nSPS) is 11.7. The summed E-state index contributed by atoms with van der Waals surface area (Å²) in [6.07, 6.45) is -4.47. The van der Waals surface area contributed by atoms with Crippen molar-refractivity contribution in [2.24, 2.45) is 0 Å². The molecular weight excluding hydrogens is 332 g/mol. The second-order valence-electron chi connectivity index (χ2n) is 4.13. The van der Waals surface area contributed by atoms with Gasteiger partial charge in [0, 0.05) is 21.5 Å². The zero-order valence-electron chi connectivity index (χ0n) is 9.94. The molecule has 0 amide bonds. The summed E-state index contributed by atoms with van der Waals surface area (Å²) < 4.78 is 39.0. The van der Waals surface area contributed by atoms with Crippen LogP contribution in [0.2, 0.25) is 10.0 Å². The minimum atomic E-state index is -4.47. The number of benzene rings is 2. The maximum Gasteiger partial charge on any atom is 0.416 e. The highest BCUT2D eigenvalue weighted by atomic mass is 35.5. The van der Waals surface area contributed by atoms with Crippen LogP contribution >= 0.6 is 34.8 Å². The first-order valence-electron chi connectivity index (χ1n) is 5.54. The molecule has 0 nitrogen and oxygen atoms in total. The molecule has 2 rings (SSSR count). The first-order valence-corrected chi connectivity index (χ1v) is 6.83. The van der Waals surface area contributed by atoms with Gasteiger partial charge in [-0.2, -0.15) is 13.2 Å². The van der Waals surface area contributed by atoms with Gasteiger partial charge in [-0.25, -0.2) is 0 Å². The van der Waals surface area contributed by atoms with Crippen molar-refractivity contribution in [1.29, 1.82) is 0 Å². The smallest absolute Gasteiger partial charge is 0.166 e. The second kappa shape index (κ2) is 5.84. The predicted molar refractivity (Wildman–Crippen MR) is 76.5 cm³/mol. The van der Waals surface area contributed by atoms with Crippen LogP contribution in [-0.2, 0) is 12.1 Å². The van der Waals surface area contributed by atoms with Gasteiger partial charge in [-0.1, -0.05) is 35.3 Å². The van der Waals surface area contributed by atoms with E-state index in [1.54, 1.807) is 18.2 Å². The average Bonchev–Trinajstić information content (AvgIpc) is 2.40. The molecule has 0 fully saturated rings. The summed E-state index contributed by atoms with van der Waals surface area (Å²) in [6.45, 7) is 0. The lowest BCUT2D eigenvalue weighted by Gasteiger charge is -2.14. The van der Waals surface area contributed by atoms with Gasteiger partial charge in [0.2, 0.25) is 0 Å². The van der Waals surface area contributed by atoms with E-state index in [2.05, 4.69) is 0 Å². The molecule has 2 aromatic rings. The Hall–Kier alpha value is -0.900. The molecule has 0 aromatic heterocycles. The third-order valence-electron chi connectivity index (χ3n) is 2.80. The third-order valence-corrected chi connectivity index (χ3v) is 3.65. The molecule has 0 aliphatic rings. The minimum absolute atomic E-state index is 0.0288. The van der Waals surface area contributed by atoms with Gasteiger partial charge in [-0.15, -0.1) is 11.6 Å². The Bertz CT molecular complexity index is 636. The number of alkyl halides is 4. The Labute approximate surface area is 129 Å². The van der Waals surface area contributed by atoms with Crippen LogP contribution in [0.5, 0.6) is 0 Å². The Balaban J connectivity index is 2.62. The number of rotatable bonds is 2. The van der Waals surface area contributed by atoms with E-state index in [1.807, 2.05) is 0 Å². The molecule has 0 aliphatic carbocycles. The van der Waals surface area contributed by atoms with E-state index in [0.717, 1.165) is 6.07 Å². The van der Waals surface area contributed by atoms with Crippen LogP contribution < -0.4 is 0 Å². The van der Waals surface area contributed by atoms with Crippen LogP contribution in [0.25, 0.3) is 11.1 Å². The highest BCUT2D eigenvalue weighted by Gasteiger charge is 2.33. The van der Waals surface area contributed by atoms with Crippen LogP contribution in [0.15, 0.2) is 36.4 Å². The van der Waals surface area contributed by atoms with E-state index in [0.29, 0.717) is 21.2 Å². The zero-order chi connectivity index (χ0) is 14.9. The van der Waals surface area contributed by atoms with Gasteiger partial charge in [0.05, 0.1) is 5.56 Å². The van der Waals surface area contributed by atoms with Crippen molar-refractivity contribution < 1.29 is 13.2 Å². The fraction of sp³-hybridized carbons (Fsp3) is 0.143. The van der Waals surface area contributed by atoms with Gasteiger partial charge >= 0.3 is 6.18 Å². The largest absolute Gasteiger partial charge is 0.416 e. The SMILES string of the molecule is FC(F)(F)c1cc(-c2cc(Cl)ccc2Cl)ccc1CCl. The maximum absolute atomic E-state index is 13.0. The van der Waals surface area contributed by atoms with Gasteiger partial charge < -0.3 is 0 Å². The van der Waals surface area contributed by atoms with Gasteiger partial charge in [0.25, 0.3) is 0 Å². The van der Waals surface area contributed by atoms with Crippen molar-refractivity contribution in [2.45, 2.75) is 12.1 Å². The van der Waals surface area contributed by atoms with Gasteiger partial charge in [0.1, 0.15) is 0 Å². The molecule has 2 aromatic carbocycles. The molecule has 20 heavy (non-hydrogen) atoms. The fourth-order valence-corrected chi connectivity index (χ4v) is 2.47. The fourth-order valence-electron chi connectivity index (χ4n) is 1.84. The Morgan fingerprint density at radius 2 is 1.65 bits per heavy atom. The van der Waals surface area contributed by atoms with E-state index >= 15 is 0 Å². The standard InChI is InChI=1S/C14H8Cl3F3/c15-7-9-2-1-8(5-12(9)14(18,19)20)11-6-10(16)3-4-13(11)17/h1-6H,7H2. The molecule has 0 N–H and O–H groups in total. The summed E-state index contributed by atoms with van der Waals surface area (Å²) in [7, 11) is 0. The summed E-state index contributed by atoms with van der Waals surface area (Å²) >= 11 is 17.4. The van der Waals surface area contributed by atoms with Gasteiger partial charge in [-0.3, -0.25) is 0 Å². The maximum atomic E-state index is 13.0. The average molecular weight is 340 g/mol. The number of hydrogen-bond acceptors (Lipinski definition) is 0. The van der Waals surface area contributed by atoms with E-state index in [9.17, 15) is 13.2 Å². The second-order valence-corrected chi connectivity index (χ2v) is 5.24. The van der Waals surface area contributed by atoms with E-state index in [1.165, 1.54) is 12.1 Å². The first-order chi connectivity index (χ1) is 9.32. The topological polar surface area (TPSA) is 0 Å². The van der Waals surface area contributed by atoms with Crippen LogP contribution in [0.3, 0.4) is 0 Å². The molecule has 6 heteroatoms. The number of hydrogen-bond donors (Lipinski definition) is 0. The monoisotopic (exact) mass is 338 g/mol. The molecular formula is C14H8Cl3F3. The summed E-state index contributed by atoms with van der Waals surface area (Å²) in [4.78, 5) is 0. The Morgan fingerprint density at radius 3 is 2.25 bits per heavy atom. The molecule has 0 spiro atoms. The molecule has 0 unspecified atom stereocenters. The van der Waals surface area contributed by atoms with Gasteiger partial charge in [-0.05, 0) is 35.4 Å². The van der Waals surface area contributed by atoms with Crippen LogP contribution in [0.4, 0.5) is 13.2 Å². The highest BCUT2D eigenvalue weighted by Crippen LogP contribution is 2.37. The van der Waals surface area contributed by atoms with Crippen LogP contribution in [0.1, 0.15) is 11.1 Å². The molecule has 0 saturated carbocycles. The lowest BCUT2D eigenvalue weighted by molar-refractivity contribution is -0.138. The molecule has 106 valence electrons. The minimum Gasteiger partial charge on any atom is -0.166 e. The molecule has 0 aliphatic heterocycles. The summed E-state index contributed by atoms with van der Waals surface area (Å²) in [5.74, 6) is -0.210. The van der Waals surface area contributed by atoms with Crippen LogP contribution in [0, 0.1) is 0 Å². The molecule has 0 heterocycles. The lowest BCUT2D eigenvalue weighted by atomic mass is 9.99. The number of halogens is 6. The van der Waals surface area contributed by atoms with Crippen molar-refractivity contribution in [1.82, 2.24) is 0 Å². The Morgan fingerprint density at radius 1 is 0.950 bits per heavy atom. The first kappa shape index (κ1) is 15.5. The quantitative estimate of drug-likeness (QED) is 0.554. The van der Waals surface area contributed by atoms with Crippen LogP contribution in [-0.4, -0.2) is 0 Å². The van der Waals surface area contributed by atoms with Crippen molar-refractivity contribution >= 4 is 34.8 Å². The third kappa shape index (κ3) is 3.22. The molecule has 0 atom stereocenters. The zero-order valence-corrected chi connectivity index (χ0v) is 12.2. The van der Waals surface area contributed by atoms with Gasteiger partial charge in [0.15, 0.2) is 0 Å². The van der Waals surface area contributed by atoms with Crippen molar-refractivity contribution in [3.05, 3.63) is 57.6 Å². The summed E-state index contributed by atoms with van der Waals surface area (Å²) in [5.41, 5.74) is 0.0617. The summed E-state index contributed by atoms with van der Waals surface area (Å²) in [5, 5.41) is 0.737. The van der Waals surface area contributed by atoms with Crippen molar-refractivity contribution in [2.75, 3.05) is 0 Å². The van der Waals surface area contributed by atoms with E-state index in [-0.39, 0.29) is 11.4 Å². The Kier molecular flexibility index (Phi) is 4.52. The molecule has 0 saturated heterocycles. The molecule has 0 bridgehead atoms.